The van der Waals surface area contributed by atoms with Crippen LogP contribution in [0.1, 0.15) is 41.4 Å². The molecule has 0 unspecified atom stereocenters. The molecule has 1 fully saturated rings. The largest absolute Gasteiger partial charge is 0.497 e. The molecule has 0 aliphatic carbocycles. The number of benzene rings is 2. The Kier molecular flexibility index (Phi) is 7.16. The van der Waals surface area contributed by atoms with Gasteiger partial charge in [0, 0.05) is 40.7 Å². The number of methoxy groups -OCH3 is 1. The van der Waals surface area contributed by atoms with Crippen LogP contribution in [0, 0.1) is 17.5 Å². The third-order valence-corrected chi connectivity index (χ3v) is 6.33. The highest BCUT2D eigenvalue weighted by molar-refractivity contribution is 6.30. The summed E-state index contributed by atoms with van der Waals surface area (Å²) in [6.07, 6.45) is 0. The number of carbonyl (C=O) groups is 2. The second-order valence-electron chi connectivity index (χ2n) is 9.08. The van der Waals surface area contributed by atoms with Crippen molar-refractivity contribution in [3.8, 4) is 5.75 Å². The quantitative estimate of drug-likeness (QED) is 0.492. The maximum absolute atomic E-state index is 15.1. The lowest BCUT2D eigenvalue weighted by Gasteiger charge is -2.21. The SMILES string of the molecule is COc1cc(F)c([C@@H]2CN(c3nc(C(C)(C)O)ccc3F)C(=O)[C@H]2NC(=O)c2ccc(Cl)cc2)c(F)c1. The van der Waals surface area contributed by atoms with E-state index in [0.29, 0.717) is 5.02 Å². The number of hydrogen-bond donors (Lipinski definition) is 2. The van der Waals surface area contributed by atoms with Gasteiger partial charge in [0.15, 0.2) is 11.6 Å². The number of anilines is 1. The molecule has 11 heteroatoms. The van der Waals surface area contributed by atoms with Crippen molar-refractivity contribution in [2.75, 3.05) is 18.6 Å². The van der Waals surface area contributed by atoms with E-state index < -0.39 is 64.8 Å². The summed E-state index contributed by atoms with van der Waals surface area (Å²) in [5, 5.41) is 13.2. The zero-order valence-corrected chi connectivity index (χ0v) is 20.8. The summed E-state index contributed by atoms with van der Waals surface area (Å²) in [5.41, 5.74) is -1.71. The molecule has 1 saturated heterocycles. The molecular weight excluding hydrogens is 511 g/mol. The standard InChI is InChI=1S/C26H23ClF3N3O4/c1-26(2,36)20-9-8-17(28)23(31-20)33-12-16(21-18(29)10-15(37-3)11-19(21)30)22(25(33)35)32-24(34)13-4-6-14(27)7-5-13/h4-11,16,22,36H,12H2,1-3H3,(H,32,34)/t16-,22-/m0/s1. The third kappa shape index (κ3) is 5.26. The molecule has 2 N–H and O–H groups in total. The molecule has 37 heavy (non-hydrogen) atoms. The molecule has 3 aromatic rings. The van der Waals surface area contributed by atoms with Crippen LogP contribution in [0.4, 0.5) is 19.0 Å². The highest BCUT2D eigenvalue weighted by Gasteiger charge is 2.46. The van der Waals surface area contributed by atoms with Crippen molar-refractivity contribution in [2.24, 2.45) is 0 Å². The molecule has 194 valence electrons. The first kappa shape index (κ1) is 26.4. The normalized spacial score (nSPS) is 17.7. The molecule has 0 saturated carbocycles. The molecular formula is C26H23ClF3N3O4. The minimum Gasteiger partial charge on any atom is -0.497 e. The van der Waals surface area contributed by atoms with Crippen LogP contribution in [0.2, 0.25) is 5.02 Å². The van der Waals surface area contributed by atoms with Crippen LogP contribution >= 0.6 is 11.6 Å². The fraction of sp³-hybridized carbons (Fsp3) is 0.269. The Balaban J connectivity index is 1.79. The van der Waals surface area contributed by atoms with Crippen LogP contribution in [0.5, 0.6) is 5.75 Å². The summed E-state index contributed by atoms with van der Waals surface area (Å²) < 4.78 is 49.9. The topological polar surface area (TPSA) is 91.8 Å². The predicted octanol–water partition coefficient (Wildman–Crippen LogP) is 4.32. The van der Waals surface area contributed by atoms with Crippen LogP contribution in [-0.4, -0.2) is 41.6 Å². The fourth-order valence-electron chi connectivity index (χ4n) is 4.16. The van der Waals surface area contributed by atoms with E-state index in [0.717, 1.165) is 23.1 Å². The van der Waals surface area contributed by atoms with E-state index in [1.807, 2.05) is 0 Å². The maximum Gasteiger partial charge on any atom is 0.251 e. The van der Waals surface area contributed by atoms with Gasteiger partial charge in [-0.1, -0.05) is 11.6 Å². The van der Waals surface area contributed by atoms with Crippen LogP contribution in [-0.2, 0) is 10.4 Å². The minimum absolute atomic E-state index is 0.0729. The van der Waals surface area contributed by atoms with Gasteiger partial charge in [-0.15, -0.1) is 0 Å². The number of ether oxygens (including phenoxy) is 1. The average molecular weight is 534 g/mol. The lowest BCUT2D eigenvalue weighted by molar-refractivity contribution is -0.118. The Hall–Kier alpha value is -3.63. The average Bonchev–Trinajstić information content (AvgIpc) is 3.14. The van der Waals surface area contributed by atoms with Gasteiger partial charge >= 0.3 is 0 Å². The van der Waals surface area contributed by atoms with E-state index in [2.05, 4.69) is 10.3 Å². The molecule has 2 heterocycles. The highest BCUT2D eigenvalue weighted by atomic mass is 35.5. The Morgan fingerprint density at radius 1 is 1.11 bits per heavy atom. The Labute approximate surface area is 215 Å². The zero-order chi connectivity index (χ0) is 27.1. The molecule has 1 aliphatic heterocycles. The summed E-state index contributed by atoms with van der Waals surface area (Å²) in [4.78, 5) is 31.5. The molecule has 0 spiro atoms. The van der Waals surface area contributed by atoms with Crippen molar-refractivity contribution >= 4 is 29.2 Å². The summed E-state index contributed by atoms with van der Waals surface area (Å²) >= 11 is 5.87. The predicted molar refractivity (Wildman–Crippen MR) is 130 cm³/mol. The van der Waals surface area contributed by atoms with Crippen molar-refractivity contribution in [2.45, 2.75) is 31.4 Å². The molecule has 7 nitrogen and oxygen atoms in total. The number of halogens is 4. The van der Waals surface area contributed by atoms with Crippen LogP contribution in [0.3, 0.4) is 0 Å². The Morgan fingerprint density at radius 3 is 2.30 bits per heavy atom. The second-order valence-corrected chi connectivity index (χ2v) is 9.52. The van der Waals surface area contributed by atoms with E-state index in [9.17, 15) is 19.1 Å². The first-order valence-electron chi connectivity index (χ1n) is 11.2. The van der Waals surface area contributed by atoms with E-state index >= 15 is 8.78 Å². The highest BCUT2D eigenvalue weighted by Crippen LogP contribution is 2.37. The molecule has 0 radical (unpaired) electrons. The number of pyridine rings is 1. The summed E-state index contributed by atoms with van der Waals surface area (Å²) in [6, 6.07) is 8.54. The minimum atomic E-state index is -1.47. The molecule has 2 amide bonds. The zero-order valence-electron chi connectivity index (χ0n) is 20.1. The molecule has 1 aliphatic rings. The molecule has 2 atom stereocenters. The van der Waals surface area contributed by atoms with E-state index in [1.54, 1.807) is 0 Å². The van der Waals surface area contributed by atoms with Gasteiger partial charge in [0.2, 0.25) is 0 Å². The maximum atomic E-state index is 15.1. The van der Waals surface area contributed by atoms with Gasteiger partial charge in [-0.05, 0) is 50.2 Å². The number of aromatic nitrogens is 1. The third-order valence-electron chi connectivity index (χ3n) is 6.08. The van der Waals surface area contributed by atoms with Crippen molar-refractivity contribution in [3.05, 3.63) is 87.8 Å². The van der Waals surface area contributed by atoms with Gasteiger partial charge < -0.3 is 15.2 Å². The molecule has 1 aromatic heterocycles. The number of hydrogen-bond acceptors (Lipinski definition) is 5. The Bertz CT molecular complexity index is 1340. The van der Waals surface area contributed by atoms with Gasteiger partial charge in [0.05, 0.1) is 12.8 Å². The first-order chi connectivity index (χ1) is 17.4. The lowest BCUT2D eigenvalue weighted by Crippen LogP contribution is -2.44. The molecule has 0 bridgehead atoms. The first-order valence-corrected chi connectivity index (χ1v) is 11.6. The van der Waals surface area contributed by atoms with Gasteiger partial charge in [-0.2, -0.15) is 0 Å². The summed E-state index contributed by atoms with van der Waals surface area (Å²) in [7, 11) is 1.24. The number of aliphatic hydroxyl groups is 1. The van der Waals surface area contributed by atoms with Gasteiger partial charge in [0.1, 0.15) is 29.0 Å². The summed E-state index contributed by atoms with van der Waals surface area (Å²) in [5.74, 6) is -6.18. The number of nitrogens with zero attached hydrogens (tertiary/aromatic N) is 2. The monoisotopic (exact) mass is 533 g/mol. The smallest absolute Gasteiger partial charge is 0.251 e. The number of carbonyl (C=O) groups excluding carboxylic acids is 2. The fourth-order valence-corrected chi connectivity index (χ4v) is 4.29. The van der Waals surface area contributed by atoms with Gasteiger partial charge in [-0.3, -0.25) is 14.5 Å². The molecule has 2 aromatic carbocycles. The summed E-state index contributed by atoms with van der Waals surface area (Å²) in [6.45, 7) is 2.47. The van der Waals surface area contributed by atoms with Crippen LogP contribution in [0.15, 0.2) is 48.5 Å². The second kappa shape index (κ2) is 10.0. The van der Waals surface area contributed by atoms with E-state index in [4.69, 9.17) is 16.3 Å². The van der Waals surface area contributed by atoms with Crippen LogP contribution in [0.25, 0.3) is 0 Å². The number of amides is 2. The van der Waals surface area contributed by atoms with Crippen molar-refractivity contribution in [1.82, 2.24) is 10.3 Å². The van der Waals surface area contributed by atoms with E-state index in [1.165, 1.54) is 51.3 Å². The van der Waals surface area contributed by atoms with Gasteiger partial charge in [-0.25, -0.2) is 18.2 Å². The lowest BCUT2D eigenvalue weighted by atomic mass is 9.92. The number of rotatable bonds is 6. The van der Waals surface area contributed by atoms with Crippen molar-refractivity contribution in [1.29, 1.82) is 0 Å². The Morgan fingerprint density at radius 2 is 1.73 bits per heavy atom. The van der Waals surface area contributed by atoms with E-state index in [-0.39, 0.29) is 17.0 Å². The van der Waals surface area contributed by atoms with Crippen molar-refractivity contribution in [3.63, 3.8) is 0 Å². The van der Waals surface area contributed by atoms with Crippen molar-refractivity contribution < 1.29 is 32.6 Å². The van der Waals surface area contributed by atoms with Gasteiger partial charge in [0.25, 0.3) is 11.8 Å². The number of nitrogens with one attached hydrogen (secondary N) is 1. The molecule has 4 rings (SSSR count). The van der Waals surface area contributed by atoms with Crippen LogP contribution < -0.4 is 15.0 Å².